The largest absolute Gasteiger partial charge is 0.491 e. The van der Waals surface area contributed by atoms with Gasteiger partial charge in [0.2, 0.25) is 0 Å². The minimum Gasteiger partial charge on any atom is -0.491 e. The van der Waals surface area contributed by atoms with Gasteiger partial charge in [-0.15, -0.1) is 11.3 Å². The van der Waals surface area contributed by atoms with Crippen molar-refractivity contribution in [2.45, 2.75) is 26.2 Å². The van der Waals surface area contributed by atoms with Gasteiger partial charge in [-0.2, -0.15) is 0 Å². The van der Waals surface area contributed by atoms with Crippen LogP contribution < -0.4 is 15.6 Å². The molecule has 0 spiro atoms. The molecule has 7 heteroatoms. The Bertz CT molecular complexity index is 1250. The van der Waals surface area contributed by atoms with Gasteiger partial charge >= 0.3 is 0 Å². The molecule has 4 rings (SSSR count). The van der Waals surface area contributed by atoms with Crippen molar-refractivity contribution in [2.75, 3.05) is 11.9 Å². The molecule has 1 N–H and O–H groups in total. The Kier molecular flexibility index (Phi) is 6.43. The summed E-state index contributed by atoms with van der Waals surface area (Å²) in [6.07, 6.45) is 5.76. The summed E-state index contributed by atoms with van der Waals surface area (Å²) < 4.78 is 7.21. The number of unbranched alkanes of at least 4 members (excludes halogenated alkanes) is 1. The highest BCUT2D eigenvalue weighted by atomic mass is 32.1. The van der Waals surface area contributed by atoms with E-state index in [0.717, 1.165) is 23.3 Å². The minimum atomic E-state index is -0.505. The van der Waals surface area contributed by atoms with Crippen molar-refractivity contribution in [3.63, 3.8) is 0 Å². The Labute approximate surface area is 184 Å². The number of benzene rings is 2. The molecular formula is C24H23N3O3S. The molecule has 0 unspecified atom stereocenters. The molecule has 0 aliphatic rings. The van der Waals surface area contributed by atoms with E-state index in [0.29, 0.717) is 29.4 Å². The number of thiazole rings is 1. The predicted molar refractivity (Wildman–Crippen MR) is 123 cm³/mol. The zero-order chi connectivity index (χ0) is 21.6. The second-order valence-corrected chi connectivity index (χ2v) is 8.24. The van der Waals surface area contributed by atoms with E-state index in [2.05, 4.69) is 17.2 Å². The van der Waals surface area contributed by atoms with Gasteiger partial charge in [0.25, 0.3) is 11.5 Å². The number of fused-ring (bicyclic) bond motifs is 1. The number of nitrogens with one attached hydrogen (secondary N) is 1. The fourth-order valence-electron chi connectivity index (χ4n) is 3.18. The Morgan fingerprint density at radius 1 is 1.13 bits per heavy atom. The van der Waals surface area contributed by atoms with Crippen LogP contribution in [0, 0.1) is 0 Å². The van der Waals surface area contributed by atoms with Crippen molar-refractivity contribution in [1.29, 1.82) is 0 Å². The van der Waals surface area contributed by atoms with Crippen LogP contribution in [-0.2, 0) is 6.42 Å². The predicted octanol–water partition coefficient (Wildman–Crippen LogP) is 4.78. The summed E-state index contributed by atoms with van der Waals surface area (Å²) in [4.78, 5) is 31.7. The third-order valence-corrected chi connectivity index (χ3v) is 5.81. The molecular weight excluding hydrogens is 410 g/mol. The smallest absolute Gasteiger partial charge is 0.271 e. The standard InChI is InChI=1S/C24H23N3O3S/c1-2-3-13-30-21-12-8-7-11-20(21)26-22(28)19-15-25-24-27(23(19)29)16-18(31-24)14-17-9-5-4-6-10-17/h4-12,15-16H,2-3,13-14H2,1H3,(H,26,28). The number of rotatable bonds is 8. The number of nitrogens with zero attached hydrogens (tertiary/aromatic N) is 2. The van der Waals surface area contributed by atoms with Crippen LogP contribution >= 0.6 is 11.3 Å². The molecule has 6 nitrogen and oxygen atoms in total. The molecule has 0 bridgehead atoms. The van der Waals surface area contributed by atoms with E-state index in [-0.39, 0.29) is 11.1 Å². The van der Waals surface area contributed by atoms with Crippen LogP contribution in [-0.4, -0.2) is 21.9 Å². The molecule has 0 saturated heterocycles. The molecule has 158 valence electrons. The van der Waals surface area contributed by atoms with Gasteiger partial charge < -0.3 is 10.1 Å². The molecule has 2 aromatic carbocycles. The van der Waals surface area contributed by atoms with Gasteiger partial charge in [0.15, 0.2) is 4.96 Å². The van der Waals surface area contributed by atoms with Crippen LogP contribution in [0.5, 0.6) is 5.75 Å². The van der Waals surface area contributed by atoms with Gasteiger partial charge in [0.05, 0.1) is 12.3 Å². The molecule has 0 fully saturated rings. The van der Waals surface area contributed by atoms with Crippen LogP contribution in [0.3, 0.4) is 0 Å². The van der Waals surface area contributed by atoms with Crippen molar-refractivity contribution in [1.82, 2.24) is 9.38 Å². The minimum absolute atomic E-state index is 0.00933. The molecule has 31 heavy (non-hydrogen) atoms. The number of hydrogen-bond donors (Lipinski definition) is 1. The fraction of sp³-hybridized carbons (Fsp3) is 0.208. The monoisotopic (exact) mass is 433 g/mol. The van der Waals surface area contributed by atoms with Crippen LogP contribution in [0.2, 0.25) is 0 Å². The molecule has 2 heterocycles. The molecule has 0 saturated carbocycles. The number of para-hydroxylation sites is 2. The number of anilines is 1. The molecule has 2 aromatic heterocycles. The van der Waals surface area contributed by atoms with Crippen LogP contribution in [0.25, 0.3) is 4.96 Å². The molecule has 0 aliphatic carbocycles. The SMILES string of the molecule is CCCCOc1ccccc1NC(=O)c1cnc2sc(Cc3ccccc3)cn2c1=O. The maximum atomic E-state index is 13.0. The molecule has 1 amide bonds. The summed E-state index contributed by atoms with van der Waals surface area (Å²) in [5.41, 5.74) is 1.29. The number of carbonyl (C=O) groups is 1. The molecule has 0 radical (unpaired) electrons. The average molecular weight is 434 g/mol. The zero-order valence-corrected chi connectivity index (χ0v) is 18.0. The van der Waals surface area contributed by atoms with Crippen molar-refractivity contribution in [2.24, 2.45) is 0 Å². The first-order chi connectivity index (χ1) is 15.2. The van der Waals surface area contributed by atoms with Crippen LogP contribution in [0.1, 0.15) is 40.6 Å². The van der Waals surface area contributed by atoms with Crippen LogP contribution in [0.15, 0.2) is 71.8 Å². The molecule has 4 aromatic rings. The Morgan fingerprint density at radius 2 is 1.90 bits per heavy atom. The third-order valence-electron chi connectivity index (χ3n) is 4.81. The van der Waals surface area contributed by atoms with E-state index in [9.17, 15) is 9.59 Å². The van der Waals surface area contributed by atoms with E-state index < -0.39 is 5.91 Å². The number of carbonyl (C=O) groups excluding carboxylic acids is 1. The Hall–Kier alpha value is -3.45. The second kappa shape index (κ2) is 9.57. The van der Waals surface area contributed by atoms with Gasteiger partial charge in [-0.1, -0.05) is 55.8 Å². The molecule has 0 atom stereocenters. The normalized spacial score (nSPS) is 10.9. The second-order valence-electron chi connectivity index (χ2n) is 7.14. The lowest BCUT2D eigenvalue weighted by Crippen LogP contribution is -2.26. The van der Waals surface area contributed by atoms with E-state index in [1.165, 1.54) is 21.9 Å². The van der Waals surface area contributed by atoms with Crippen LogP contribution in [0.4, 0.5) is 5.69 Å². The number of amides is 1. The lowest BCUT2D eigenvalue weighted by atomic mass is 10.1. The van der Waals surface area contributed by atoms with E-state index in [1.54, 1.807) is 18.3 Å². The fourth-order valence-corrected chi connectivity index (χ4v) is 4.15. The Balaban J connectivity index is 1.56. The van der Waals surface area contributed by atoms with E-state index in [4.69, 9.17) is 4.74 Å². The maximum absolute atomic E-state index is 13.0. The number of aromatic nitrogens is 2. The highest BCUT2D eigenvalue weighted by Gasteiger charge is 2.17. The average Bonchev–Trinajstić information content (AvgIpc) is 3.19. The quantitative estimate of drug-likeness (QED) is 0.406. The van der Waals surface area contributed by atoms with Gasteiger partial charge in [0.1, 0.15) is 11.3 Å². The first kappa shape index (κ1) is 20.8. The molecule has 0 aliphatic heterocycles. The lowest BCUT2D eigenvalue weighted by molar-refractivity contribution is 0.102. The summed E-state index contributed by atoms with van der Waals surface area (Å²) >= 11 is 1.44. The number of ether oxygens (including phenoxy) is 1. The van der Waals surface area contributed by atoms with Crippen molar-refractivity contribution < 1.29 is 9.53 Å². The van der Waals surface area contributed by atoms with E-state index >= 15 is 0 Å². The maximum Gasteiger partial charge on any atom is 0.271 e. The zero-order valence-electron chi connectivity index (χ0n) is 17.2. The summed E-state index contributed by atoms with van der Waals surface area (Å²) in [5.74, 6) is 0.0772. The third kappa shape index (κ3) is 4.83. The summed E-state index contributed by atoms with van der Waals surface area (Å²) in [6, 6.07) is 17.2. The van der Waals surface area contributed by atoms with Crippen molar-refractivity contribution >= 4 is 27.9 Å². The summed E-state index contributed by atoms with van der Waals surface area (Å²) in [7, 11) is 0. The highest BCUT2D eigenvalue weighted by Crippen LogP contribution is 2.24. The first-order valence-corrected chi connectivity index (χ1v) is 11.0. The van der Waals surface area contributed by atoms with Gasteiger partial charge in [-0.3, -0.25) is 14.0 Å². The van der Waals surface area contributed by atoms with Crippen molar-refractivity contribution in [3.8, 4) is 5.75 Å². The van der Waals surface area contributed by atoms with Gasteiger partial charge in [-0.25, -0.2) is 4.98 Å². The topological polar surface area (TPSA) is 72.7 Å². The summed E-state index contributed by atoms with van der Waals surface area (Å²) in [6.45, 7) is 2.65. The number of hydrogen-bond acceptors (Lipinski definition) is 5. The van der Waals surface area contributed by atoms with E-state index in [1.807, 2.05) is 42.5 Å². The van der Waals surface area contributed by atoms with Crippen molar-refractivity contribution in [3.05, 3.63) is 93.3 Å². The Morgan fingerprint density at radius 3 is 2.71 bits per heavy atom. The lowest BCUT2D eigenvalue weighted by Gasteiger charge is -2.12. The van der Waals surface area contributed by atoms with Gasteiger partial charge in [-0.05, 0) is 24.1 Å². The summed E-state index contributed by atoms with van der Waals surface area (Å²) in [5, 5.41) is 2.79. The highest BCUT2D eigenvalue weighted by molar-refractivity contribution is 7.17. The first-order valence-electron chi connectivity index (χ1n) is 10.2. The van der Waals surface area contributed by atoms with Gasteiger partial charge in [0, 0.05) is 23.7 Å².